The van der Waals surface area contributed by atoms with Gasteiger partial charge in [-0.15, -0.1) is 0 Å². The lowest BCUT2D eigenvalue weighted by molar-refractivity contribution is 0.0947. The molecule has 1 amide bonds. The van der Waals surface area contributed by atoms with E-state index in [0.717, 1.165) is 18.9 Å². The van der Waals surface area contributed by atoms with Crippen molar-refractivity contribution < 1.29 is 9.53 Å². The molecule has 7 heteroatoms. The Morgan fingerprint density at radius 1 is 1.28 bits per heavy atom. The number of nitrogens with zero attached hydrogens (tertiary/aromatic N) is 3. The van der Waals surface area contributed by atoms with Gasteiger partial charge in [-0.05, 0) is 43.5 Å². The molecule has 0 atom stereocenters. The molecule has 0 unspecified atom stereocenters. The summed E-state index contributed by atoms with van der Waals surface area (Å²) in [5.74, 6) is 1.70. The van der Waals surface area contributed by atoms with Crippen molar-refractivity contribution in [1.82, 2.24) is 15.3 Å². The summed E-state index contributed by atoms with van der Waals surface area (Å²) in [6.45, 7) is 2.28. The molecule has 1 aromatic carbocycles. The lowest BCUT2D eigenvalue weighted by Gasteiger charge is -2.27. The van der Waals surface area contributed by atoms with Gasteiger partial charge in [-0.1, -0.05) is 11.6 Å². The first-order valence-corrected chi connectivity index (χ1v) is 8.74. The average molecular weight is 361 g/mol. The fourth-order valence-electron chi connectivity index (χ4n) is 2.88. The van der Waals surface area contributed by atoms with Crippen LogP contribution in [0, 0.1) is 0 Å². The van der Waals surface area contributed by atoms with Crippen molar-refractivity contribution >= 4 is 23.3 Å². The van der Waals surface area contributed by atoms with Crippen molar-refractivity contribution in [3.63, 3.8) is 0 Å². The molecule has 2 heterocycles. The molecule has 0 spiro atoms. The number of methoxy groups -OCH3 is 1. The summed E-state index contributed by atoms with van der Waals surface area (Å²) in [6, 6.07) is 6.85. The normalized spacial score (nSPS) is 14.2. The molecule has 3 rings (SSSR count). The van der Waals surface area contributed by atoms with Gasteiger partial charge in [-0.3, -0.25) is 4.79 Å². The molecule has 1 saturated heterocycles. The van der Waals surface area contributed by atoms with E-state index >= 15 is 0 Å². The van der Waals surface area contributed by atoms with E-state index in [1.807, 2.05) is 6.07 Å². The predicted octanol–water partition coefficient (Wildman–Crippen LogP) is 3.06. The number of anilines is 1. The van der Waals surface area contributed by atoms with Crippen molar-refractivity contribution in [2.75, 3.05) is 25.1 Å². The van der Waals surface area contributed by atoms with E-state index < -0.39 is 0 Å². The van der Waals surface area contributed by atoms with Crippen molar-refractivity contribution in [2.45, 2.75) is 25.8 Å². The van der Waals surface area contributed by atoms with Gasteiger partial charge in [-0.2, -0.15) is 0 Å². The monoisotopic (exact) mass is 360 g/mol. The summed E-state index contributed by atoms with van der Waals surface area (Å²) in [7, 11) is 1.52. The number of halogens is 1. The molecule has 1 aliphatic heterocycles. The minimum Gasteiger partial charge on any atom is -0.496 e. The molecule has 1 N–H and O–H groups in total. The van der Waals surface area contributed by atoms with Crippen LogP contribution in [0.1, 0.15) is 35.4 Å². The zero-order valence-corrected chi connectivity index (χ0v) is 14.9. The van der Waals surface area contributed by atoms with Gasteiger partial charge in [0.15, 0.2) is 0 Å². The van der Waals surface area contributed by atoms with Crippen LogP contribution < -0.4 is 15.0 Å². The Hall–Kier alpha value is -2.34. The van der Waals surface area contributed by atoms with Crippen LogP contribution in [-0.4, -0.2) is 36.1 Å². The molecule has 0 aliphatic carbocycles. The molecule has 6 nitrogen and oxygen atoms in total. The van der Waals surface area contributed by atoms with Gasteiger partial charge in [0.05, 0.1) is 19.2 Å². The molecule has 0 radical (unpaired) electrons. The third kappa shape index (κ3) is 4.39. The minimum absolute atomic E-state index is 0.246. The number of rotatable bonds is 5. The van der Waals surface area contributed by atoms with Gasteiger partial charge < -0.3 is 15.0 Å². The summed E-state index contributed by atoms with van der Waals surface area (Å²) in [4.78, 5) is 23.5. The molecule has 0 bridgehead atoms. The first-order chi connectivity index (χ1) is 12.2. The third-order valence-corrected chi connectivity index (χ3v) is 4.42. The standard InChI is InChI=1S/C18H21ClN4O2/c1-25-15-6-5-13(19)11-14(15)18(24)21-12-16-20-8-7-17(22-16)23-9-3-2-4-10-23/h5-8,11H,2-4,9-10,12H2,1H3,(H,21,24). The van der Waals surface area contributed by atoms with Gasteiger partial charge in [-0.25, -0.2) is 9.97 Å². The Labute approximate surface area is 152 Å². The van der Waals surface area contributed by atoms with Gasteiger partial charge in [0.1, 0.15) is 17.4 Å². The minimum atomic E-state index is -0.272. The molecule has 1 aliphatic rings. The number of benzene rings is 1. The topological polar surface area (TPSA) is 67.3 Å². The molecular weight excluding hydrogens is 340 g/mol. The van der Waals surface area contributed by atoms with Gasteiger partial charge in [0.25, 0.3) is 5.91 Å². The highest BCUT2D eigenvalue weighted by Gasteiger charge is 2.15. The quantitative estimate of drug-likeness (QED) is 0.887. The fourth-order valence-corrected chi connectivity index (χ4v) is 3.06. The second-order valence-corrected chi connectivity index (χ2v) is 6.34. The van der Waals surface area contributed by atoms with E-state index in [1.54, 1.807) is 24.4 Å². The number of carbonyl (C=O) groups is 1. The number of hydrogen-bond donors (Lipinski definition) is 1. The van der Waals surface area contributed by atoms with Crippen LogP contribution in [0.3, 0.4) is 0 Å². The number of amides is 1. The Bertz CT molecular complexity index is 748. The lowest BCUT2D eigenvalue weighted by atomic mass is 10.1. The maximum absolute atomic E-state index is 12.4. The smallest absolute Gasteiger partial charge is 0.255 e. The third-order valence-electron chi connectivity index (χ3n) is 4.18. The van der Waals surface area contributed by atoms with Crippen molar-refractivity contribution in [3.05, 3.63) is 46.9 Å². The van der Waals surface area contributed by atoms with Crippen LogP contribution >= 0.6 is 11.6 Å². The van der Waals surface area contributed by atoms with Crippen molar-refractivity contribution in [2.24, 2.45) is 0 Å². The second-order valence-electron chi connectivity index (χ2n) is 5.91. The van der Waals surface area contributed by atoms with Crippen LogP contribution in [0.15, 0.2) is 30.5 Å². The Balaban J connectivity index is 1.67. The van der Waals surface area contributed by atoms with Crippen molar-refractivity contribution in [3.8, 4) is 5.75 Å². The fraction of sp³-hybridized carbons (Fsp3) is 0.389. The lowest BCUT2D eigenvalue weighted by Crippen LogP contribution is -2.31. The largest absolute Gasteiger partial charge is 0.496 e. The van der Waals surface area contributed by atoms with E-state index in [2.05, 4.69) is 20.2 Å². The van der Waals surface area contributed by atoms with Crippen LogP contribution in [0.25, 0.3) is 0 Å². The number of carbonyl (C=O) groups excluding carboxylic acids is 1. The van der Waals surface area contributed by atoms with E-state index in [4.69, 9.17) is 16.3 Å². The number of nitrogens with one attached hydrogen (secondary N) is 1. The highest BCUT2D eigenvalue weighted by Crippen LogP contribution is 2.22. The molecule has 1 fully saturated rings. The average Bonchev–Trinajstić information content (AvgIpc) is 2.67. The Kier molecular flexibility index (Phi) is 5.71. The molecule has 2 aromatic rings. The zero-order valence-electron chi connectivity index (χ0n) is 14.2. The molecule has 132 valence electrons. The van der Waals surface area contributed by atoms with Crippen LogP contribution in [0.4, 0.5) is 5.82 Å². The first kappa shape index (κ1) is 17.5. The summed E-state index contributed by atoms with van der Waals surface area (Å²) in [6.07, 6.45) is 5.37. The summed E-state index contributed by atoms with van der Waals surface area (Å²) in [5.41, 5.74) is 0.391. The molecule has 0 saturated carbocycles. The first-order valence-electron chi connectivity index (χ1n) is 8.36. The van der Waals surface area contributed by atoms with Crippen molar-refractivity contribution in [1.29, 1.82) is 0 Å². The number of aromatic nitrogens is 2. The molecule has 25 heavy (non-hydrogen) atoms. The van der Waals surface area contributed by atoms with E-state index in [0.29, 0.717) is 22.2 Å². The van der Waals surface area contributed by atoms with Crippen LogP contribution in [0.5, 0.6) is 5.75 Å². The molecule has 1 aromatic heterocycles. The number of piperidine rings is 1. The maximum atomic E-state index is 12.4. The van der Waals surface area contributed by atoms with E-state index in [9.17, 15) is 4.79 Å². The molecular formula is C18H21ClN4O2. The predicted molar refractivity (Wildman–Crippen MR) is 97.3 cm³/mol. The maximum Gasteiger partial charge on any atom is 0.255 e. The SMILES string of the molecule is COc1ccc(Cl)cc1C(=O)NCc1nccc(N2CCCCC2)n1. The Morgan fingerprint density at radius 2 is 2.08 bits per heavy atom. The van der Waals surface area contributed by atoms with Gasteiger partial charge in [0.2, 0.25) is 0 Å². The van der Waals surface area contributed by atoms with Gasteiger partial charge >= 0.3 is 0 Å². The van der Waals surface area contributed by atoms with Crippen LogP contribution in [0.2, 0.25) is 5.02 Å². The highest BCUT2D eigenvalue weighted by atomic mass is 35.5. The highest BCUT2D eigenvalue weighted by molar-refractivity contribution is 6.31. The van der Waals surface area contributed by atoms with E-state index in [-0.39, 0.29) is 12.5 Å². The summed E-state index contributed by atoms with van der Waals surface area (Å²) >= 11 is 5.98. The van der Waals surface area contributed by atoms with E-state index in [1.165, 1.54) is 26.4 Å². The number of hydrogen-bond acceptors (Lipinski definition) is 5. The summed E-state index contributed by atoms with van der Waals surface area (Å²) in [5, 5.41) is 3.31. The Morgan fingerprint density at radius 3 is 2.84 bits per heavy atom. The van der Waals surface area contributed by atoms with Gasteiger partial charge in [0, 0.05) is 24.3 Å². The summed E-state index contributed by atoms with van der Waals surface area (Å²) < 4.78 is 5.21. The number of ether oxygens (including phenoxy) is 1. The zero-order chi connectivity index (χ0) is 17.6. The second kappa shape index (κ2) is 8.16. The van der Waals surface area contributed by atoms with Crippen LogP contribution in [-0.2, 0) is 6.54 Å².